The van der Waals surface area contributed by atoms with E-state index in [2.05, 4.69) is 10.6 Å². The predicted octanol–water partition coefficient (Wildman–Crippen LogP) is 4.26. The number of anilines is 2. The Morgan fingerprint density at radius 2 is 1.59 bits per heavy atom. The number of hydrogen-bond acceptors (Lipinski definition) is 4. The van der Waals surface area contributed by atoms with Gasteiger partial charge in [0.2, 0.25) is 0 Å². The van der Waals surface area contributed by atoms with Gasteiger partial charge in [-0.2, -0.15) is 0 Å². The van der Waals surface area contributed by atoms with Crippen molar-refractivity contribution in [3.63, 3.8) is 0 Å². The summed E-state index contributed by atoms with van der Waals surface area (Å²) in [7, 11) is 0. The molecular formula is C20H16N2O4S. The SMILES string of the molecule is Cc1cc(C(=O)O)ccc1NC(=O)c1ccc(NC(=O)c2cccs2)cc1. The Hall–Kier alpha value is -3.45. The zero-order chi connectivity index (χ0) is 19.4. The van der Waals surface area contributed by atoms with Gasteiger partial charge in [0.25, 0.3) is 11.8 Å². The minimum atomic E-state index is -1.02. The van der Waals surface area contributed by atoms with E-state index >= 15 is 0 Å². The number of hydrogen-bond donors (Lipinski definition) is 3. The first kappa shape index (κ1) is 18.3. The summed E-state index contributed by atoms with van der Waals surface area (Å²) in [6.45, 7) is 1.73. The van der Waals surface area contributed by atoms with E-state index < -0.39 is 5.97 Å². The van der Waals surface area contributed by atoms with Crippen LogP contribution in [0.1, 0.15) is 36.0 Å². The van der Waals surface area contributed by atoms with Crippen LogP contribution in [0.2, 0.25) is 0 Å². The van der Waals surface area contributed by atoms with Crippen LogP contribution in [0.4, 0.5) is 11.4 Å². The van der Waals surface area contributed by atoms with Crippen LogP contribution >= 0.6 is 11.3 Å². The third-order valence-electron chi connectivity index (χ3n) is 3.87. The van der Waals surface area contributed by atoms with Gasteiger partial charge >= 0.3 is 5.97 Å². The maximum absolute atomic E-state index is 12.4. The zero-order valence-electron chi connectivity index (χ0n) is 14.4. The van der Waals surface area contributed by atoms with Crippen molar-refractivity contribution < 1.29 is 19.5 Å². The van der Waals surface area contributed by atoms with Gasteiger partial charge in [0.1, 0.15) is 0 Å². The van der Waals surface area contributed by atoms with Crippen LogP contribution in [0, 0.1) is 6.92 Å². The molecule has 3 rings (SSSR count). The monoisotopic (exact) mass is 380 g/mol. The molecule has 0 aliphatic rings. The van der Waals surface area contributed by atoms with Crippen LogP contribution in [0.5, 0.6) is 0 Å². The minimum absolute atomic E-state index is 0.163. The van der Waals surface area contributed by atoms with E-state index in [1.165, 1.54) is 23.5 Å². The molecule has 0 aliphatic carbocycles. The quantitative estimate of drug-likeness (QED) is 0.616. The molecule has 1 aromatic heterocycles. The van der Waals surface area contributed by atoms with Crippen LogP contribution in [0.3, 0.4) is 0 Å². The fraction of sp³-hybridized carbons (Fsp3) is 0.0500. The first-order chi connectivity index (χ1) is 12.9. The highest BCUT2D eigenvalue weighted by Gasteiger charge is 2.11. The molecule has 0 bridgehead atoms. The van der Waals surface area contributed by atoms with E-state index in [9.17, 15) is 14.4 Å². The Labute approximate surface area is 159 Å². The fourth-order valence-electron chi connectivity index (χ4n) is 2.44. The maximum atomic E-state index is 12.4. The maximum Gasteiger partial charge on any atom is 0.335 e. The molecular weight excluding hydrogens is 364 g/mol. The van der Waals surface area contributed by atoms with Crippen LogP contribution in [0.25, 0.3) is 0 Å². The molecule has 0 unspecified atom stereocenters. The Kier molecular flexibility index (Phi) is 5.33. The molecule has 27 heavy (non-hydrogen) atoms. The van der Waals surface area contributed by atoms with E-state index in [-0.39, 0.29) is 17.4 Å². The summed E-state index contributed by atoms with van der Waals surface area (Å²) in [6.07, 6.45) is 0. The molecule has 3 aromatic rings. The smallest absolute Gasteiger partial charge is 0.335 e. The van der Waals surface area contributed by atoms with Crippen molar-refractivity contribution in [2.24, 2.45) is 0 Å². The van der Waals surface area contributed by atoms with Crippen molar-refractivity contribution in [2.75, 3.05) is 10.6 Å². The summed E-state index contributed by atoms with van der Waals surface area (Å²) in [6, 6.07) is 14.6. The summed E-state index contributed by atoms with van der Waals surface area (Å²) in [5.74, 6) is -1.54. The second-order valence-electron chi connectivity index (χ2n) is 5.80. The molecule has 0 radical (unpaired) electrons. The molecule has 2 aromatic carbocycles. The van der Waals surface area contributed by atoms with Crippen LogP contribution < -0.4 is 10.6 Å². The van der Waals surface area contributed by atoms with E-state index in [0.717, 1.165) is 0 Å². The molecule has 0 spiro atoms. The van der Waals surface area contributed by atoms with Gasteiger partial charge in [-0.3, -0.25) is 9.59 Å². The van der Waals surface area contributed by atoms with Crippen LogP contribution in [-0.4, -0.2) is 22.9 Å². The second-order valence-corrected chi connectivity index (χ2v) is 6.75. The number of aryl methyl sites for hydroxylation is 1. The molecule has 0 saturated heterocycles. The highest BCUT2D eigenvalue weighted by atomic mass is 32.1. The molecule has 0 fully saturated rings. The van der Waals surface area contributed by atoms with Crippen molar-refractivity contribution in [3.05, 3.63) is 81.5 Å². The zero-order valence-corrected chi connectivity index (χ0v) is 15.2. The normalized spacial score (nSPS) is 10.3. The highest BCUT2D eigenvalue weighted by Crippen LogP contribution is 2.19. The Morgan fingerprint density at radius 1 is 0.889 bits per heavy atom. The van der Waals surface area contributed by atoms with Crippen molar-refractivity contribution in [1.82, 2.24) is 0 Å². The number of nitrogens with one attached hydrogen (secondary N) is 2. The summed E-state index contributed by atoms with van der Waals surface area (Å²) in [5, 5.41) is 16.3. The number of carbonyl (C=O) groups is 3. The molecule has 2 amide bonds. The average molecular weight is 380 g/mol. The number of amides is 2. The number of thiophene rings is 1. The molecule has 0 saturated carbocycles. The fourth-order valence-corrected chi connectivity index (χ4v) is 3.06. The van der Waals surface area contributed by atoms with Gasteiger partial charge in [0.15, 0.2) is 0 Å². The van der Waals surface area contributed by atoms with Gasteiger partial charge in [-0.05, 0) is 66.4 Å². The van der Waals surface area contributed by atoms with Gasteiger partial charge in [-0.25, -0.2) is 4.79 Å². The van der Waals surface area contributed by atoms with Gasteiger partial charge < -0.3 is 15.7 Å². The van der Waals surface area contributed by atoms with Gasteiger partial charge in [-0.1, -0.05) is 6.07 Å². The summed E-state index contributed by atoms with van der Waals surface area (Å²) in [4.78, 5) is 36.0. The topological polar surface area (TPSA) is 95.5 Å². The lowest BCUT2D eigenvalue weighted by atomic mass is 10.1. The molecule has 1 heterocycles. The average Bonchev–Trinajstić information content (AvgIpc) is 3.18. The summed E-state index contributed by atoms with van der Waals surface area (Å²) in [5.41, 5.74) is 2.37. The predicted molar refractivity (Wildman–Crippen MR) is 105 cm³/mol. The molecule has 0 atom stereocenters. The van der Waals surface area contributed by atoms with Gasteiger partial charge in [0.05, 0.1) is 10.4 Å². The van der Waals surface area contributed by atoms with Crippen molar-refractivity contribution in [3.8, 4) is 0 Å². The van der Waals surface area contributed by atoms with E-state index in [1.54, 1.807) is 49.4 Å². The van der Waals surface area contributed by atoms with Crippen molar-refractivity contribution in [2.45, 2.75) is 6.92 Å². The van der Waals surface area contributed by atoms with E-state index in [0.29, 0.717) is 27.4 Å². The standard InChI is InChI=1S/C20H16N2O4S/c1-12-11-14(20(25)26)6-9-16(12)22-18(23)13-4-7-15(8-5-13)21-19(24)17-3-2-10-27-17/h2-11H,1H3,(H,21,24)(H,22,23)(H,25,26). The highest BCUT2D eigenvalue weighted by molar-refractivity contribution is 7.12. The number of rotatable bonds is 5. The number of aromatic carboxylic acids is 1. The van der Waals surface area contributed by atoms with Gasteiger partial charge in [0, 0.05) is 16.9 Å². The van der Waals surface area contributed by atoms with Crippen LogP contribution in [-0.2, 0) is 0 Å². The third kappa shape index (κ3) is 4.39. The Balaban J connectivity index is 1.67. The molecule has 6 nitrogen and oxygen atoms in total. The largest absolute Gasteiger partial charge is 0.478 e. The lowest BCUT2D eigenvalue weighted by Crippen LogP contribution is -2.14. The lowest BCUT2D eigenvalue weighted by Gasteiger charge is -2.10. The lowest BCUT2D eigenvalue weighted by molar-refractivity contribution is 0.0696. The van der Waals surface area contributed by atoms with Crippen molar-refractivity contribution in [1.29, 1.82) is 0 Å². The van der Waals surface area contributed by atoms with Crippen LogP contribution in [0.15, 0.2) is 60.0 Å². The van der Waals surface area contributed by atoms with E-state index in [4.69, 9.17) is 5.11 Å². The molecule has 136 valence electrons. The second kappa shape index (κ2) is 7.84. The molecule has 7 heteroatoms. The number of benzene rings is 2. The first-order valence-electron chi connectivity index (χ1n) is 8.04. The summed E-state index contributed by atoms with van der Waals surface area (Å²) >= 11 is 1.35. The molecule has 0 aliphatic heterocycles. The Morgan fingerprint density at radius 3 is 2.19 bits per heavy atom. The number of carboxylic acids is 1. The number of carboxylic acid groups (broad SMARTS) is 1. The Bertz CT molecular complexity index is 995. The minimum Gasteiger partial charge on any atom is -0.478 e. The summed E-state index contributed by atoms with van der Waals surface area (Å²) < 4.78 is 0. The third-order valence-corrected chi connectivity index (χ3v) is 4.74. The molecule has 3 N–H and O–H groups in total. The number of carbonyl (C=O) groups excluding carboxylic acids is 2. The van der Waals surface area contributed by atoms with Crippen molar-refractivity contribution >= 4 is 40.5 Å². The first-order valence-corrected chi connectivity index (χ1v) is 8.92. The van der Waals surface area contributed by atoms with E-state index in [1.807, 2.05) is 5.38 Å². The van der Waals surface area contributed by atoms with Gasteiger partial charge in [-0.15, -0.1) is 11.3 Å².